The highest BCUT2D eigenvalue weighted by Crippen LogP contribution is 2.24. The van der Waals surface area contributed by atoms with Gasteiger partial charge in [-0.2, -0.15) is 0 Å². The van der Waals surface area contributed by atoms with Crippen molar-refractivity contribution in [2.45, 2.75) is 45.3 Å². The number of hydrogen-bond acceptors (Lipinski definition) is 3. The molecule has 1 unspecified atom stereocenters. The minimum atomic E-state index is 0.0730. The molecule has 3 heterocycles. The van der Waals surface area contributed by atoms with E-state index in [2.05, 4.69) is 28.7 Å². The zero-order valence-corrected chi connectivity index (χ0v) is 11.0. The number of amides is 1. The van der Waals surface area contributed by atoms with Crippen molar-refractivity contribution in [3.8, 4) is 0 Å². The van der Waals surface area contributed by atoms with Crippen LogP contribution in [-0.2, 0) is 17.8 Å². The predicted octanol–water partition coefficient (Wildman–Crippen LogP) is 0.777. The van der Waals surface area contributed by atoms with Crippen LogP contribution in [0.1, 0.15) is 31.7 Å². The molecule has 1 atom stereocenters. The van der Waals surface area contributed by atoms with Crippen molar-refractivity contribution in [1.29, 1.82) is 0 Å². The summed E-state index contributed by atoms with van der Waals surface area (Å²) >= 11 is 0. The second-order valence-electron chi connectivity index (χ2n) is 5.48. The van der Waals surface area contributed by atoms with Gasteiger partial charge in [-0.25, -0.2) is 4.98 Å². The molecule has 1 aromatic rings. The summed E-state index contributed by atoms with van der Waals surface area (Å²) in [6, 6.07) is 0.388. The van der Waals surface area contributed by atoms with E-state index in [4.69, 9.17) is 0 Å². The van der Waals surface area contributed by atoms with Crippen LogP contribution in [0.3, 0.4) is 0 Å². The number of nitrogens with one attached hydrogen (secondary N) is 1. The van der Waals surface area contributed by atoms with Crippen molar-refractivity contribution in [2.24, 2.45) is 0 Å². The Balaban J connectivity index is 1.72. The van der Waals surface area contributed by atoms with E-state index < -0.39 is 0 Å². The minimum absolute atomic E-state index is 0.0730. The molecule has 1 aromatic heterocycles. The molecule has 1 amide bonds. The largest absolute Gasteiger partial charge is 0.347 e. The molecular weight excluding hydrogens is 228 g/mol. The number of likely N-dealkylation sites (tertiary alicyclic amines) is 1. The van der Waals surface area contributed by atoms with Gasteiger partial charge in [0.15, 0.2) is 0 Å². The molecule has 0 radical (unpaired) electrons. The summed E-state index contributed by atoms with van der Waals surface area (Å²) in [4.78, 5) is 24.1. The number of imidazole rings is 1. The molecule has 0 aromatic carbocycles. The molecule has 18 heavy (non-hydrogen) atoms. The summed E-state index contributed by atoms with van der Waals surface area (Å²) in [5.74, 6) is 0.299. The van der Waals surface area contributed by atoms with Crippen molar-refractivity contribution >= 4 is 5.91 Å². The van der Waals surface area contributed by atoms with Crippen LogP contribution in [0.4, 0.5) is 0 Å². The maximum Gasteiger partial charge on any atom is 0.240 e. The number of H-pyrrole nitrogens is 1. The lowest BCUT2D eigenvalue weighted by Gasteiger charge is -2.31. The van der Waals surface area contributed by atoms with Gasteiger partial charge in [0, 0.05) is 32.1 Å². The van der Waals surface area contributed by atoms with E-state index in [1.807, 2.05) is 4.90 Å². The van der Waals surface area contributed by atoms with Crippen LogP contribution in [0.2, 0.25) is 0 Å². The predicted molar refractivity (Wildman–Crippen MR) is 68.0 cm³/mol. The van der Waals surface area contributed by atoms with Gasteiger partial charge in [-0.15, -0.1) is 0 Å². The van der Waals surface area contributed by atoms with Gasteiger partial charge in [0.1, 0.15) is 0 Å². The lowest BCUT2D eigenvalue weighted by atomic mass is 10.1. The van der Waals surface area contributed by atoms with Crippen molar-refractivity contribution in [3.05, 3.63) is 17.7 Å². The Bertz CT molecular complexity index is 454. The average Bonchev–Trinajstić information content (AvgIpc) is 2.93. The first-order valence-electron chi connectivity index (χ1n) is 6.72. The quantitative estimate of drug-likeness (QED) is 0.841. The van der Waals surface area contributed by atoms with Gasteiger partial charge in [0.2, 0.25) is 5.91 Å². The zero-order chi connectivity index (χ0) is 12.7. The van der Waals surface area contributed by atoms with E-state index in [1.165, 1.54) is 5.69 Å². The second-order valence-corrected chi connectivity index (χ2v) is 5.48. The first-order valence-corrected chi connectivity index (χ1v) is 6.72. The lowest BCUT2D eigenvalue weighted by Crippen LogP contribution is -2.45. The Morgan fingerprint density at radius 1 is 1.44 bits per heavy atom. The summed E-state index contributed by atoms with van der Waals surface area (Å²) < 4.78 is 0. The molecule has 1 N–H and O–H groups in total. The summed E-state index contributed by atoms with van der Waals surface area (Å²) in [6.45, 7) is 6.85. The normalized spacial score (nSPS) is 24.9. The Labute approximate surface area is 107 Å². The Morgan fingerprint density at radius 3 is 3.00 bits per heavy atom. The highest BCUT2D eigenvalue weighted by Gasteiger charge is 2.38. The second kappa shape index (κ2) is 4.39. The van der Waals surface area contributed by atoms with E-state index in [1.54, 1.807) is 6.33 Å². The highest BCUT2D eigenvalue weighted by atomic mass is 16.2. The number of carbonyl (C=O) groups excluding carboxylic acids is 1. The van der Waals surface area contributed by atoms with Gasteiger partial charge in [-0.1, -0.05) is 0 Å². The molecule has 0 saturated carbocycles. The van der Waals surface area contributed by atoms with Crippen LogP contribution in [0.25, 0.3) is 0 Å². The van der Waals surface area contributed by atoms with Gasteiger partial charge in [-0.3, -0.25) is 9.69 Å². The van der Waals surface area contributed by atoms with Crippen LogP contribution in [0.5, 0.6) is 0 Å². The van der Waals surface area contributed by atoms with Gasteiger partial charge in [0.05, 0.1) is 23.8 Å². The molecule has 1 saturated heterocycles. The van der Waals surface area contributed by atoms with Crippen LogP contribution in [-0.4, -0.2) is 50.8 Å². The Kier molecular flexibility index (Phi) is 2.86. The number of nitrogens with zero attached hydrogens (tertiary/aromatic N) is 3. The maximum absolute atomic E-state index is 12.4. The fourth-order valence-corrected chi connectivity index (χ4v) is 3.04. The van der Waals surface area contributed by atoms with Gasteiger partial charge in [0.25, 0.3) is 0 Å². The molecule has 2 aliphatic rings. The lowest BCUT2D eigenvalue weighted by molar-refractivity contribution is -0.133. The summed E-state index contributed by atoms with van der Waals surface area (Å²) in [5.41, 5.74) is 2.34. The van der Waals surface area contributed by atoms with Crippen LogP contribution in [0, 0.1) is 0 Å². The third-order valence-corrected chi connectivity index (χ3v) is 4.08. The van der Waals surface area contributed by atoms with Crippen molar-refractivity contribution in [2.75, 3.05) is 13.1 Å². The van der Waals surface area contributed by atoms with E-state index in [0.29, 0.717) is 11.9 Å². The zero-order valence-electron chi connectivity index (χ0n) is 11.0. The molecular formula is C13H20N4O. The average molecular weight is 248 g/mol. The molecule has 1 fully saturated rings. The standard InChI is InChI=1S/C13H20N4O/c1-9(2)17-6-4-12(13(17)18)16-5-3-10-11(7-16)15-8-14-10/h8-9,12H,3-7H2,1-2H3,(H,14,15). The van der Waals surface area contributed by atoms with Crippen LogP contribution >= 0.6 is 0 Å². The number of aromatic nitrogens is 2. The molecule has 98 valence electrons. The Morgan fingerprint density at radius 2 is 2.28 bits per heavy atom. The van der Waals surface area contributed by atoms with Crippen molar-refractivity contribution in [3.63, 3.8) is 0 Å². The highest BCUT2D eigenvalue weighted by molar-refractivity contribution is 5.84. The number of hydrogen-bond donors (Lipinski definition) is 1. The molecule has 0 spiro atoms. The molecule has 2 aliphatic heterocycles. The summed E-state index contributed by atoms with van der Waals surface area (Å²) in [6.07, 6.45) is 3.66. The maximum atomic E-state index is 12.4. The van der Waals surface area contributed by atoms with Gasteiger partial charge < -0.3 is 9.88 Å². The number of aromatic amines is 1. The first kappa shape index (κ1) is 11.7. The van der Waals surface area contributed by atoms with Crippen LogP contribution in [0.15, 0.2) is 6.33 Å². The molecule has 5 nitrogen and oxygen atoms in total. The SMILES string of the molecule is CC(C)N1CCC(N2CCc3nc[nH]c3C2)C1=O. The van der Waals surface area contributed by atoms with E-state index >= 15 is 0 Å². The number of rotatable bonds is 2. The molecule has 0 aliphatic carbocycles. The van der Waals surface area contributed by atoms with Gasteiger partial charge >= 0.3 is 0 Å². The third-order valence-electron chi connectivity index (χ3n) is 4.08. The number of fused-ring (bicyclic) bond motifs is 1. The smallest absolute Gasteiger partial charge is 0.240 e. The van der Waals surface area contributed by atoms with Crippen LogP contribution < -0.4 is 0 Å². The molecule has 3 rings (SSSR count). The van der Waals surface area contributed by atoms with Gasteiger partial charge in [-0.05, 0) is 20.3 Å². The monoisotopic (exact) mass is 248 g/mol. The van der Waals surface area contributed by atoms with E-state index in [-0.39, 0.29) is 6.04 Å². The summed E-state index contributed by atoms with van der Waals surface area (Å²) in [7, 11) is 0. The fraction of sp³-hybridized carbons (Fsp3) is 0.692. The topological polar surface area (TPSA) is 52.2 Å². The van der Waals surface area contributed by atoms with E-state index in [0.717, 1.165) is 38.2 Å². The molecule has 5 heteroatoms. The van der Waals surface area contributed by atoms with Crippen molar-refractivity contribution in [1.82, 2.24) is 19.8 Å². The minimum Gasteiger partial charge on any atom is -0.347 e. The summed E-state index contributed by atoms with van der Waals surface area (Å²) in [5, 5.41) is 0. The first-order chi connectivity index (χ1) is 8.66. The molecule has 0 bridgehead atoms. The Hall–Kier alpha value is -1.36. The van der Waals surface area contributed by atoms with E-state index in [9.17, 15) is 4.79 Å². The fourth-order valence-electron chi connectivity index (χ4n) is 3.04. The van der Waals surface area contributed by atoms with Crippen molar-refractivity contribution < 1.29 is 4.79 Å². The third kappa shape index (κ3) is 1.82. The number of carbonyl (C=O) groups is 1.